The van der Waals surface area contributed by atoms with Crippen LogP contribution in [0.25, 0.3) is 0 Å². The lowest BCUT2D eigenvalue weighted by Gasteiger charge is -2.14. The van der Waals surface area contributed by atoms with Gasteiger partial charge in [-0.2, -0.15) is 10.2 Å². The Balaban J connectivity index is 2.43. The normalized spacial score (nSPS) is 13.3. The van der Waals surface area contributed by atoms with E-state index in [9.17, 15) is 5.11 Å². The van der Waals surface area contributed by atoms with Crippen molar-refractivity contribution in [3.05, 3.63) is 34.9 Å². The second kappa shape index (κ2) is 4.50. The first-order chi connectivity index (χ1) is 8.00. The van der Waals surface area contributed by atoms with E-state index in [4.69, 9.17) is 11.6 Å². The molecule has 0 bridgehead atoms. The molecule has 2 rings (SSSR count). The van der Waals surface area contributed by atoms with E-state index >= 15 is 0 Å². The first-order valence-corrected chi connectivity index (χ1v) is 5.79. The standard InChI is InChI=1S/C11H15ClN4O/c1-7(2)16-10(8(12)6-13-16)11(17)9-4-5-15(3)14-9/h4-7,11,17H,1-3H3. The van der Waals surface area contributed by atoms with E-state index in [0.29, 0.717) is 16.4 Å². The minimum Gasteiger partial charge on any atom is -0.380 e. The molecule has 0 aliphatic rings. The van der Waals surface area contributed by atoms with Crippen molar-refractivity contribution >= 4 is 11.6 Å². The van der Waals surface area contributed by atoms with Crippen LogP contribution in [0.2, 0.25) is 5.02 Å². The molecule has 0 amide bonds. The van der Waals surface area contributed by atoms with Crippen LogP contribution in [-0.2, 0) is 7.05 Å². The van der Waals surface area contributed by atoms with Crippen molar-refractivity contribution in [2.45, 2.75) is 26.0 Å². The van der Waals surface area contributed by atoms with Gasteiger partial charge in [-0.25, -0.2) is 0 Å². The highest BCUT2D eigenvalue weighted by Crippen LogP contribution is 2.29. The Morgan fingerprint density at radius 1 is 1.41 bits per heavy atom. The molecular weight excluding hydrogens is 240 g/mol. The predicted molar refractivity (Wildman–Crippen MR) is 64.9 cm³/mol. The van der Waals surface area contributed by atoms with E-state index in [-0.39, 0.29) is 6.04 Å². The van der Waals surface area contributed by atoms with Gasteiger partial charge in [-0.1, -0.05) is 11.6 Å². The fraction of sp³-hybridized carbons (Fsp3) is 0.455. The molecule has 0 radical (unpaired) electrons. The minimum absolute atomic E-state index is 0.135. The van der Waals surface area contributed by atoms with Gasteiger partial charge in [-0.05, 0) is 19.9 Å². The minimum atomic E-state index is -0.853. The fourth-order valence-corrected chi connectivity index (χ4v) is 1.97. The van der Waals surface area contributed by atoms with Crippen LogP contribution >= 0.6 is 11.6 Å². The van der Waals surface area contributed by atoms with Crippen LogP contribution in [0.3, 0.4) is 0 Å². The SMILES string of the molecule is CC(C)n1ncc(Cl)c1C(O)c1ccn(C)n1. The van der Waals surface area contributed by atoms with Gasteiger partial charge in [0.05, 0.1) is 22.6 Å². The number of hydrogen-bond donors (Lipinski definition) is 1. The monoisotopic (exact) mass is 254 g/mol. The van der Waals surface area contributed by atoms with Crippen LogP contribution in [0.1, 0.15) is 37.4 Å². The molecule has 2 heterocycles. The molecule has 2 aromatic rings. The van der Waals surface area contributed by atoms with Gasteiger partial charge < -0.3 is 5.11 Å². The van der Waals surface area contributed by atoms with Gasteiger partial charge >= 0.3 is 0 Å². The molecule has 0 fully saturated rings. The van der Waals surface area contributed by atoms with Crippen molar-refractivity contribution in [3.8, 4) is 0 Å². The molecule has 0 aliphatic heterocycles. The van der Waals surface area contributed by atoms with Gasteiger partial charge in [0.1, 0.15) is 6.10 Å². The van der Waals surface area contributed by atoms with E-state index in [0.717, 1.165) is 0 Å². The third-order valence-electron chi connectivity index (χ3n) is 2.55. The maximum absolute atomic E-state index is 10.3. The van der Waals surface area contributed by atoms with Gasteiger partial charge in [0, 0.05) is 19.3 Å². The molecule has 5 nitrogen and oxygen atoms in total. The Morgan fingerprint density at radius 2 is 2.12 bits per heavy atom. The van der Waals surface area contributed by atoms with Crippen LogP contribution in [-0.4, -0.2) is 24.7 Å². The number of aliphatic hydroxyl groups excluding tert-OH is 1. The van der Waals surface area contributed by atoms with Crippen LogP contribution in [0.4, 0.5) is 0 Å². The van der Waals surface area contributed by atoms with E-state index in [1.165, 1.54) is 0 Å². The van der Waals surface area contributed by atoms with Crippen LogP contribution in [0.5, 0.6) is 0 Å². The Labute approximate surface area is 105 Å². The highest BCUT2D eigenvalue weighted by molar-refractivity contribution is 6.31. The molecule has 6 heteroatoms. The molecular formula is C11H15ClN4O. The lowest BCUT2D eigenvalue weighted by atomic mass is 10.2. The Kier molecular flexibility index (Phi) is 3.22. The summed E-state index contributed by atoms with van der Waals surface area (Å²) in [6, 6.07) is 1.90. The largest absolute Gasteiger partial charge is 0.380 e. The van der Waals surface area contributed by atoms with Crippen molar-refractivity contribution in [2.75, 3.05) is 0 Å². The van der Waals surface area contributed by atoms with Crippen molar-refractivity contribution < 1.29 is 5.11 Å². The number of rotatable bonds is 3. The average Bonchev–Trinajstić information content (AvgIpc) is 2.83. The highest BCUT2D eigenvalue weighted by atomic mass is 35.5. The quantitative estimate of drug-likeness (QED) is 0.911. The van der Waals surface area contributed by atoms with Gasteiger partial charge in [-0.3, -0.25) is 9.36 Å². The summed E-state index contributed by atoms with van der Waals surface area (Å²) < 4.78 is 3.35. The molecule has 0 aromatic carbocycles. The molecule has 17 heavy (non-hydrogen) atoms. The Bertz CT molecular complexity index is 517. The van der Waals surface area contributed by atoms with Crippen molar-refractivity contribution in [1.29, 1.82) is 0 Å². The summed E-state index contributed by atoms with van der Waals surface area (Å²) in [4.78, 5) is 0. The first kappa shape index (κ1) is 12.1. The third kappa shape index (κ3) is 2.21. The summed E-state index contributed by atoms with van der Waals surface area (Å²) in [5, 5.41) is 19.1. The first-order valence-electron chi connectivity index (χ1n) is 5.41. The van der Waals surface area contributed by atoms with E-state index < -0.39 is 6.10 Å². The molecule has 0 saturated carbocycles. The van der Waals surface area contributed by atoms with Crippen molar-refractivity contribution in [3.63, 3.8) is 0 Å². The summed E-state index contributed by atoms with van der Waals surface area (Å²) in [5.74, 6) is 0. The molecule has 0 spiro atoms. The maximum atomic E-state index is 10.3. The second-order valence-electron chi connectivity index (χ2n) is 4.23. The van der Waals surface area contributed by atoms with E-state index in [2.05, 4.69) is 10.2 Å². The van der Waals surface area contributed by atoms with Gasteiger partial charge in [0.25, 0.3) is 0 Å². The smallest absolute Gasteiger partial charge is 0.141 e. The summed E-state index contributed by atoms with van der Waals surface area (Å²) in [6.45, 7) is 3.97. The fourth-order valence-electron chi connectivity index (χ4n) is 1.74. The molecule has 92 valence electrons. The zero-order valence-corrected chi connectivity index (χ0v) is 10.8. The predicted octanol–water partition coefficient (Wildman–Crippen LogP) is 1.93. The topological polar surface area (TPSA) is 55.9 Å². The summed E-state index contributed by atoms with van der Waals surface area (Å²) in [7, 11) is 1.80. The van der Waals surface area contributed by atoms with E-state index in [1.54, 1.807) is 34.9 Å². The number of aliphatic hydroxyl groups is 1. The zero-order chi connectivity index (χ0) is 12.6. The molecule has 1 unspecified atom stereocenters. The van der Waals surface area contributed by atoms with Crippen LogP contribution in [0, 0.1) is 0 Å². The zero-order valence-electron chi connectivity index (χ0n) is 10.0. The number of nitrogens with zero attached hydrogens (tertiary/aromatic N) is 4. The summed E-state index contributed by atoms with van der Waals surface area (Å²) in [5.41, 5.74) is 1.15. The number of aryl methyl sites for hydroxylation is 1. The molecule has 0 aliphatic carbocycles. The second-order valence-corrected chi connectivity index (χ2v) is 4.64. The van der Waals surface area contributed by atoms with Crippen molar-refractivity contribution in [1.82, 2.24) is 19.6 Å². The lowest BCUT2D eigenvalue weighted by Crippen LogP contribution is -2.13. The molecule has 0 saturated heterocycles. The molecule has 1 atom stereocenters. The lowest BCUT2D eigenvalue weighted by molar-refractivity contribution is 0.199. The number of aromatic nitrogens is 4. The summed E-state index contributed by atoms with van der Waals surface area (Å²) >= 11 is 6.06. The van der Waals surface area contributed by atoms with Crippen molar-refractivity contribution in [2.24, 2.45) is 7.05 Å². The van der Waals surface area contributed by atoms with Crippen LogP contribution in [0.15, 0.2) is 18.5 Å². The van der Waals surface area contributed by atoms with Gasteiger partial charge in [0.15, 0.2) is 0 Å². The maximum Gasteiger partial charge on any atom is 0.141 e. The van der Waals surface area contributed by atoms with E-state index in [1.807, 2.05) is 13.8 Å². The number of hydrogen-bond acceptors (Lipinski definition) is 3. The van der Waals surface area contributed by atoms with Gasteiger partial charge in [-0.15, -0.1) is 0 Å². The number of halogens is 1. The van der Waals surface area contributed by atoms with Crippen LogP contribution < -0.4 is 0 Å². The highest BCUT2D eigenvalue weighted by Gasteiger charge is 2.22. The Morgan fingerprint density at radius 3 is 2.65 bits per heavy atom. The third-order valence-corrected chi connectivity index (χ3v) is 2.84. The van der Waals surface area contributed by atoms with Gasteiger partial charge in [0.2, 0.25) is 0 Å². The molecule has 1 N–H and O–H groups in total. The average molecular weight is 255 g/mol. The summed E-state index contributed by atoms with van der Waals surface area (Å²) in [6.07, 6.45) is 2.47. The molecule has 2 aromatic heterocycles. The Hall–Kier alpha value is -1.33.